The molecule has 3 rings (SSSR count). The molecule has 0 aliphatic carbocycles. The van der Waals surface area contributed by atoms with E-state index in [2.05, 4.69) is 20.6 Å². The molecule has 0 radical (unpaired) electrons. The molecule has 6 nitrogen and oxygen atoms in total. The lowest BCUT2D eigenvalue weighted by molar-refractivity contribution is 0.412. The monoisotopic (exact) mass is 408 g/mol. The molecule has 2 N–H and O–H groups in total. The Morgan fingerprint density at radius 3 is 2.47 bits per heavy atom. The smallest absolute Gasteiger partial charge is 0.219 e. The number of nitrogens with one attached hydrogen (secondary N) is 2. The van der Waals surface area contributed by atoms with E-state index < -0.39 is 0 Å². The Kier molecular flexibility index (Phi) is 7.60. The fourth-order valence-electron chi connectivity index (χ4n) is 2.76. The summed E-state index contributed by atoms with van der Waals surface area (Å²) in [7, 11) is 3.33. The highest BCUT2D eigenvalue weighted by atomic mass is 19.1. The minimum atomic E-state index is -0.220. The van der Waals surface area contributed by atoms with Crippen molar-refractivity contribution in [3.05, 3.63) is 83.8 Å². The maximum Gasteiger partial charge on any atom is 0.219 e. The molecule has 0 aliphatic rings. The van der Waals surface area contributed by atoms with Gasteiger partial charge in [0.25, 0.3) is 0 Å². The number of hydrogen-bond donors (Lipinski definition) is 2. The van der Waals surface area contributed by atoms with Crippen LogP contribution in [0.15, 0.2) is 71.9 Å². The Morgan fingerprint density at radius 2 is 1.80 bits per heavy atom. The summed E-state index contributed by atoms with van der Waals surface area (Å²) < 4.78 is 24.1. The zero-order valence-electron chi connectivity index (χ0n) is 17.1. The predicted octanol–water partition coefficient (Wildman–Crippen LogP) is 3.93. The average Bonchev–Trinajstić information content (AvgIpc) is 2.78. The van der Waals surface area contributed by atoms with Crippen molar-refractivity contribution in [2.75, 3.05) is 20.7 Å². The first-order chi connectivity index (χ1) is 14.7. The molecule has 0 atom stereocenters. The zero-order valence-corrected chi connectivity index (χ0v) is 17.1. The molecular weight excluding hydrogens is 383 g/mol. The number of halogens is 1. The standard InChI is InChI=1S/C23H25FN4O2/c1-25-23(26-13-12-17-4-3-5-19(24)14-17)28-16-18-6-11-22(27-15-18)30-21-9-7-20(29-2)8-10-21/h3-11,14-15H,12-13,16H2,1-2H3,(H2,25,26,28). The topological polar surface area (TPSA) is 67.8 Å². The van der Waals surface area contributed by atoms with Crippen LogP contribution in [0.25, 0.3) is 0 Å². The summed E-state index contributed by atoms with van der Waals surface area (Å²) in [4.78, 5) is 8.55. The quantitative estimate of drug-likeness (QED) is 0.437. The summed E-state index contributed by atoms with van der Waals surface area (Å²) in [6.07, 6.45) is 2.46. The first-order valence-electron chi connectivity index (χ1n) is 9.62. The molecular formula is C23H25FN4O2. The molecule has 2 aromatic carbocycles. The average molecular weight is 408 g/mol. The number of nitrogens with zero attached hydrogens (tertiary/aromatic N) is 2. The van der Waals surface area contributed by atoms with Gasteiger partial charge in [-0.05, 0) is 53.9 Å². The second-order valence-electron chi connectivity index (χ2n) is 6.51. The van der Waals surface area contributed by atoms with Crippen molar-refractivity contribution in [3.8, 4) is 17.4 Å². The van der Waals surface area contributed by atoms with Crippen molar-refractivity contribution in [2.45, 2.75) is 13.0 Å². The molecule has 0 saturated carbocycles. The van der Waals surface area contributed by atoms with Crippen LogP contribution in [0.5, 0.6) is 17.4 Å². The third kappa shape index (κ3) is 6.48. The van der Waals surface area contributed by atoms with Crippen LogP contribution < -0.4 is 20.1 Å². The van der Waals surface area contributed by atoms with Gasteiger partial charge in [0.2, 0.25) is 5.88 Å². The van der Waals surface area contributed by atoms with Gasteiger partial charge in [-0.1, -0.05) is 18.2 Å². The van der Waals surface area contributed by atoms with Gasteiger partial charge in [0.15, 0.2) is 5.96 Å². The van der Waals surface area contributed by atoms with E-state index in [9.17, 15) is 4.39 Å². The van der Waals surface area contributed by atoms with Gasteiger partial charge in [-0.15, -0.1) is 0 Å². The third-order valence-corrected chi connectivity index (χ3v) is 4.36. The first-order valence-corrected chi connectivity index (χ1v) is 9.62. The molecule has 0 amide bonds. The summed E-state index contributed by atoms with van der Waals surface area (Å²) in [5.41, 5.74) is 1.93. The number of aromatic nitrogens is 1. The van der Waals surface area contributed by atoms with Crippen molar-refractivity contribution >= 4 is 5.96 Å². The highest BCUT2D eigenvalue weighted by Gasteiger charge is 2.03. The number of guanidine groups is 1. The molecule has 0 spiro atoms. The fraction of sp³-hybridized carbons (Fsp3) is 0.217. The number of methoxy groups -OCH3 is 1. The number of ether oxygens (including phenoxy) is 2. The van der Waals surface area contributed by atoms with Crippen molar-refractivity contribution in [1.82, 2.24) is 15.6 Å². The molecule has 0 unspecified atom stereocenters. The summed E-state index contributed by atoms with van der Waals surface area (Å²) in [6, 6.07) is 17.7. The molecule has 0 saturated heterocycles. The maximum atomic E-state index is 13.2. The number of pyridine rings is 1. The van der Waals surface area contributed by atoms with E-state index in [1.54, 1.807) is 32.5 Å². The largest absolute Gasteiger partial charge is 0.497 e. The van der Waals surface area contributed by atoms with Crippen LogP contribution in [-0.2, 0) is 13.0 Å². The molecule has 30 heavy (non-hydrogen) atoms. The van der Waals surface area contributed by atoms with Gasteiger partial charge in [0.05, 0.1) is 7.11 Å². The van der Waals surface area contributed by atoms with E-state index in [1.165, 1.54) is 6.07 Å². The van der Waals surface area contributed by atoms with Crippen LogP contribution in [0.3, 0.4) is 0 Å². The van der Waals surface area contributed by atoms with Crippen molar-refractivity contribution in [1.29, 1.82) is 0 Å². The third-order valence-electron chi connectivity index (χ3n) is 4.36. The van der Waals surface area contributed by atoms with Crippen LogP contribution >= 0.6 is 0 Å². The summed E-state index contributed by atoms with van der Waals surface area (Å²) >= 11 is 0. The Morgan fingerprint density at radius 1 is 1.00 bits per heavy atom. The van der Waals surface area contributed by atoms with Gasteiger partial charge in [-0.25, -0.2) is 9.37 Å². The Labute approximate surface area is 175 Å². The molecule has 156 valence electrons. The summed E-state index contributed by atoms with van der Waals surface area (Å²) in [5, 5.41) is 6.46. The summed E-state index contributed by atoms with van der Waals surface area (Å²) in [6.45, 7) is 1.21. The van der Waals surface area contributed by atoms with Gasteiger partial charge >= 0.3 is 0 Å². The number of hydrogen-bond acceptors (Lipinski definition) is 4. The summed E-state index contributed by atoms with van der Waals surface area (Å²) in [5.74, 6) is 2.43. The molecule has 0 aliphatic heterocycles. The first kappa shape index (κ1) is 21.1. The van der Waals surface area contributed by atoms with E-state index >= 15 is 0 Å². The predicted molar refractivity (Wildman–Crippen MR) is 116 cm³/mol. The highest BCUT2D eigenvalue weighted by Crippen LogP contribution is 2.22. The number of benzene rings is 2. The molecule has 1 aromatic heterocycles. The molecule has 0 bridgehead atoms. The lowest BCUT2D eigenvalue weighted by atomic mass is 10.1. The lowest BCUT2D eigenvalue weighted by Gasteiger charge is -2.12. The van der Waals surface area contributed by atoms with E-state index in [1.807, 2.05) is 42.5 Å². The van der Waals surface area contributed by atoms with Gasteiger partial charge in [-0.2, -0.15) is 0 Å². The number of rotatable bonds is 8. The zero-order chi connectivity index (χ0) is 21.2. The van der Waals surface area contributed by atoms with Crippen LogP contribution in [-0.4, -0.2) is 31.6 Å². The minimum absolute atomic E-state index is 0.220. The second kappa shape index (κ2) is 10.8. The van der Waals surface area contributed by atoms with Gasteiger partial charge in [-0.3, -0.25) is 4.99 Å². The van der Waals surface area contributed by atoms with E-state index in [-0.39, 0.29) is 5.82 Å². The Balaban J connectivity index is 1.44. The van der Waals surface area contributed by atoms with Gasteiger partial charge in [0, 0.05) is 32.4 Å². The van der Waals surface area contributed by atoms with Crippen LogP contribution in [0, 0.1) is 5.82 Å². The highest BCUT2D eigenvalue weighted by molar-refractivity contribution is 5.79. The molecule has 1 heterocycles. The van der Waals surface area contributed by atoms with Crippen molar-refractivity contribution < 1.29 is 13.9 Å². The number of aliphatic imine (C=N–C) groups is 1. The van der Waals surface area contributed by atoms with Crippen molar-refractivity contribution in [3.63, 3.8) is 0 Å². The maximum absolute atomic E-state index is 13.2. The Hall–Kier alpha value is -3.61. The van der Waals surface area contributed by atoms with Crippen LogP contribution in [0.4, 0.5) is 4.39 Å². The van der Waals surface area contributed by atoms with Crippen LogP contribution in [0.2, 0.25) is 0 Å². The molecule has 7 heteroatoms. The lowest BCUT2D eigenvalue weighted by Crippen LogP contribution is -2.37. The molecule has 0 fully saturated rings. The van der Waals surface area contributed by atoms with E-state index in [0.717, 1.165) is 16.9 Å². The Bertz CT molecular complexity index is 960. The van der Waals surface area contributed by atoms with Gasteiger partial charge < -0.3 is 20.1 Å². The van der Waals surface area contributed by atoms with E-state index in [0.29, 0.717) is 37.1 Å². The van der Waals surface area contributed by atoms with E-state index in [4.69, 9.17) is 9.47 Å². The minimum Gasteiger partial charge on any atom is -0.497 e. The fourth-order valence-corrected chi connectivity index (χ4v) is 2.76. The second-order valence-corrected chi connectivity index (χ2v) is 6.51. The molecule has 3 aromatic rings. The van der Waals surface area contributed by atoms with Gasteiger partial charge in [0.1, 0.15) is 17.3 Å². The van der Waals surface area contributed by atoms with Crippen LogP contribution in [0.1, 0.15) is 11.1 Å². The van der Waals surface area contributed by atoms with Crippen molar-refractivity contribution in [2.24, 2.45) is 4.99 Å². The normalized spacial score (nSPS) is 11.1. The SMILES string of the molecule is CN=C(NCCc1cccc(F)c1)NCc1ccc(Oc2ccc(OC)cc2)nc1.